The third-order valence-electron chi connectivity index (χ3n) is 4.70. The molecule has 0 amide bonds. The van der Waals surface area contributed by atoms with Gasteiger partial charge in [-0.05, 0) is 57.7 Å². The summed E-state index contributed by atoms with van der Waals surface area (Å²) in [6.07, 6.45) is 7.96. The van der Waals surface area contributed by atoms with E-state index in [1.54, 1.807) is 0 Å². The zero-order valence-corrected chi connectivity index (χ0v) is 13.3. The zero-order valence-electron chi connectivity index (χ0n) is 13.3. The molecule has 0 aromatic heterocycles. The van der Waals surface area contributed by atoms with Crippen molar-refractivity contribution in [2.24, 2.45) is 5.41 Å². The highest BCUT2D eigenvalue weighted by Crippen LogP contribution is 2.31. The second-order valence-corrected chi connectivity index (χ2v) is 6.71. The molecule has 2 atom stereocenters. The summed E-state index contributed by atoms with van der Waals surface area (Å²) >= 11 is 0. The predicted molar refractivity (Wildman–Crippen MR) is 81.0 cm³/mol. The highest BCUT2D eigenvalue weighted by molar-refractivity contribution is 4.86. The van der Waals surface area contributed by atoms with Crippen LogP contribution >= 0.6 is 0 Å². The SMILES string of the molecule is CCCC(NC)C(CC)N1CCCC(C)(C)CC1. The van der Waals surface area contributed by atoms with Crippen LogP contribution in [-0.4, -0.2) is 37.1 Å². The minimum absolute atomic E-state index is 0.549. The first-order valence-corrected chi connectivity index (χ1v) is 7.95. The Bertz CT molecular complexity index is 225. The van der Waals surface area contributed by atoms with Gasteiger partial charge in [0.05, 0.1) is 0 Å². The Hall–Kier alpha value is -0.0800. The summed E-state index contributed by atoms with van der Waals surface area (Å²) in [6.45, 7) is 12.1. The Labute approximate surface area is 115 Å². The molecule has 1 aliphatic rings. The molecule has 1 N–H and O–H groups in total. The van der Waals surface area contributed by atoms with E-state index in [4.69, 9.17) is 0 Å². The van der Waals surface area contributed by atoms with Crippen LogP contribution in [0.1, 0.15) is 66.2 Å². The largest absolute Gasteiger partial charge is 0.315 e. The van der Waals surface area contributed by atoms with Crippen molar-refractivity contribution in [2.75, 3.05) is 20.1 Å². The summed E-state index contributed by atoms with van der Waals surface area (Å²) < 4.78 is 0. The van der Waals surface area contributed by atoms with E-state index in [1.807, 2.05) is 0 Å². The molecule has 2 unspecified atom stereocenters. The van der Waals surface area contributed by atoms with E-state index in [0.29, 0.717) is 11.5 Å². The van der Waals surface area contributed by atoms with Crippen LogP contribution in [0.4, 0.5) is 0 Å². The lowest BCUT2D eigenvalue weighted by Crippen LogP contribution is -2.49. The lowest BCUT2D eigenvalue weighted by molar-refractivity contribution is 0.149. The van der Waals surface area contributed by atoms with Crippen LogP contribution in [0.25, 0.3) is 0 Å². The van der Waals surface area contributed by atoms with Crippen molar-refractivity contribution in [1.29, 1.82) is 0 Å². The number of hydrogen-bond acceptors (Lipinski definition) is 2. The van der Waals surface area contributed by atoms with Crippen molar-refractivity contribution in [3.8, 4) is 0 Å². The van der Waals surface area contributed by atoms with Crippen LogP contribution in [-0.2, 0) is 0 Å². The second-order valence-electron chi connectivity index (χ2n) is 6.71. The van der Waals surface area contributed by atoms with Gasteiger partial charge >= 0.3 is 0 Å². The average Bonchev–Trinajstić information content (AvgIpc) is 2.51. The molecule has 0 saturated carbocycles. The van der Waals surface area contributed by atoms with Gasteiger partial charge in [-0.3, -0.25) is 4.90 Å². The Morgan fingerprint density at radius 1 is 1.17 bits per heavy atom. The first kappa shape index (κ1) is 16.0. The van der Waals surface area contributed by atoms with Crippen LogP contribution < -0.4 is 5.32 Å². The van der Waals surface area contributed by atoms with Gasteiger partial charge in [0.25, 0.3) is 0 Å². The first-order valence-electron chi connectivity index (χ1n) is 7.95. The molecule has 1 saturated heterocycles. The van der Waals surface area contributed by atoms with E-state index in [0.717, 1.165) is 6.04 Å². The maximum Gasteiger partial charge on any atom is 0.0246 e. The van der Waals surface area contributed by atoms with Crippen LogP contribution in [0, 0.1) is 5.41 Å². The van der Waals surface area contributed by atoms with Crippen molar-refractivity contribution in [3.05, 3.63) is 0 Å². The first-order chi connectivity index (χ1) is 8.54. The summed E-state index contributed by atoms with van der Waals surface area (Å²) in [7, 11) is 2.13. The van der Waals surface area contributed by atoms with Gasteiger partial charge in [0.2, 0.25) is 0 Å². The standard InChI is InChI=1S/C16H34N2/c1-6-9-14(17-5)15(7-2)18-12-8-10-16(3,4)11-13-18/h14-15,17H,6-13H2,1-5H3. The molecule has 1 fully saturated rings. The van der Waals surface area contributed by atoms with E-state index in [-0.39, 0.29) is 0 Å². The normalized spacial score (nSPS) is 24.5. The lowest BCUT2D eigenvalue weighted by Gasteiger charge is -2.36. The van der Waals surface area contributed by atoms with Crippen LogP contribution in [0.15, 0.2) is 0 Å². The number of nitrogens with zero attached hydrogens (tertiary/aromatic N) is 1. The summed E-state index contributed by atoms with van der Waals surface area (Å²) in [5, 5.41) is 3.55. The molecule has 0 aliphatic carbocycles. The highest BCUT2D eigenvalue weighted by Gasteiger charge is 2.29. The Balaban J connectivity index is 2.63. The fraction of sp³-hybridized carbons (Fsp3) is 1.00. The van der Waals surface area contributed by atoms with Crippen LogP contribution in [0.2, 0.25) is 0 Å². The van der Waals surface area contributed by atoms with Gasteiger partial charge in [0, 0.05) is 12.1 Å². The van der Waals surface area contributed by atoms with Crippen molar-refractivity contribution in [2.45, 2.75) is 78.3 Å². The second kappa shape index (κ2) is 7.49. The molecule has 0 aromatic carbocycles. The van der Waals surface area contributed by atoms with E-state index in [1.165, 1.54) is 51.6 Å². The number of likely N-dealkylation sites (tertiary alicyclic amines) is 1. The topological polar surface area (TPSA) is 15.3 Å². The number of hydrogen-bond donors (Lipinski definition) is 1. The fourth-order valence-electron chi connectivity index (χ4n) is 3.41. The lowest BCUT2D eigenvalue weighted by atomic mass is 9.85. The van der Waals surface area contributed by atoms with Crippen molar-refractivity contribution in [1.82, 2.24) is 10.2 Å². The summed E-state index contributed by atoms with van der Waals surface area (Å²) in [6, 6.07) is 1.39. The Morgan fingerprint density at radius 3 is 2.44 bits per heavy atom. The van der Waals surface area contributed by atoms with Gasteiger partial charge in [-0.2, -0.15) is 0 Å². The monoisotopic (exact) mass is 254 g/mol. The third-order valence-corrected chi connectivity index (χ3v) is 4.70. The van der Waals surface area contributed by atoms with Gasteiger partial charge in [-0.15, -0.1) is 0 Å². The number of rotatable bonds is 6. The molecule has 0 spiro atoms. The molecule has 2 heteroatoms. The zero-order chi connectivity index (χ0) is 13.6. The van der Waals surface area contributed by atoms with E-state index in [9.17, 15) is 0 Å². The van der Waals surface area contributed by atoms with Gasteiger partial charge in [-0.1, -0.05) is 34.1 Å². The molecule has 1 aliphatic heterocycles. The Morgan fingerprint density at radius 2 is 1.89 bits per heavy atom. The fourth-order valence-corrected chi connectivity index (χ4v) is 3.41. The van der Waals surface area contributed by atoms with E-state index >= 15 is 0 Å². The van der Waals surface area contributed by atoms with Crippen LogP contribution in [0.5, 0.6) is 0 Å². The highest BCUT2D eigenvalue weighted by atomic mass is 15.2. The van der Waals surface area contributed by atoms with Gasteiger partial charge in [0.15, 0.2) is 0 Å². The molecule has 2 nitrogen and oxygen atoms in total. The van der Waals surface area contributed by atoms with Gasteiger partial charge in [-0.25, -0.2) is 0 Å². The molecule has 0 radical (unpaired) electrons. The molecular weight excluding hydrogens is 220 g/mol. The van der Waals surface area contributed by atoms with Gasteiger partial charge in [0.1, 0.15) is 0 Å². The van der Waals surface area contributed by atoms with E-state index in [2.05, 4.69) is 45.0 Å². The minimum atomic E-state index is 0.549. The summed E-state index contributed by atoms with van der Waals surface area (Å²) in [5.41, 5.74) is 0.549. The Kier molecular flexibility index (Phi) is 6.65. The number of likely N-dealkylation sites (N-methyl/N-ethyl adjacent to an activating group) is 1. The van der Waals surface area contributed by atoms with E-state index < -0.39 is 0 Å². The molecule has 1 rings (SSSR count). The minimum Gasteiger partial charge on any atom is -0.315 e. The molecule has 18 heavy (non-hydrogen) atoms. The molecule has 0 bridgehead atoms. The van der Waals surface area contributed by atoms with Crippen molar-refractivity contribution in [3.63, 3.8) is 0 Å². The smallest absolute Gasteiger partial charge is 0.0246 e. The summed E-state index contributed by atoms with van der Waals surface area (Å²) in [4.78, 5) is 2.76. The maximum atomic E-state index is 3.55. The van der Waals surface area contributed by atoms with Crippen molar-refractivity contribution < 1.29 is 0 Å². The average molecular weight is 254 g/mol. The number of nitrogens with one attached hydrogen (secondary N) is 1. The van der Waals surface area contributed by atoms with Crippen molar-refractivity contribution >= 4 is 0 Å². The molecule has 0 aromatic rings. The van der Waals surface area contributed by atoms with Crippen LogP contribution in [0.3, 0.4) is 0 Å². The summed E-state index contributed by atoms with van der Waals surface area (Å²) in [5.74, 6) is 0. The maximum absolute atomic E-state index is 3.55. The van der Waals surface area contributed by atoms with Gasteiger partial charge < -0.3 is 5.32 Å². The quantitative estimate of drug-likeness (QED) is 0.778. The molecule has 108 valence electrons. The molecule has 1 heterocycles. The third kappa shape index (κ3) is 4.55. The predicted octanol–water partition coefficient (Wildman–Crippen LogP) is 3.67. The molecular formula is C16H34N2.